The van der Waals surface area contributed by atoms with Gasteiger partial charge in [0.15, 0.2) is 0 Å². The number of rotatable bonds is 3. The lowest BCUT2D eigenvalue weighted by molar-refractivity contribution is 0.328. The van der Waals surface area contributed by atoms with Crippen molar-refractivity contribution < 1.29 is 0 Å². The second kappa shape index (κ2) is 4.34. The van der Waals surface area contributed by atoms with Gasteiger partial charge in [0.25, 0.3) is 0 Å². The third-order valence-corrected chi connectivity index (χ3v) is 1.32. The SMILES string of the molecule is [CH2]C(CCC#N)N(C)C. The van der Waals surface area contributed by atoms with Gasteiger partial charge in [0.05, 0.1) is 6.07 Å². The third-order valence-electron chi connectivity index (χ3n) is 1.32. The van der Waals surface area contributed by atoms with E-state index in [0.717, 1.165) is 6.42 Å². The summed E-state index contributed by atoms with van der Waals surface area (Å²) in [5, 5.41) is 8.20. The van der Waals surface area contributed by atoms with Gasteiger partial charge in [-0.3, -0.25) is 0 Å². The molecular weight excluding hydrogens is 112 g/mol. The van der Waals surface area contributed by atoms with Crippen LogP contribution in [0.3, 0.4) is 0 Å². The summed E-state index contributed by atoms with van der Waals surface area (Å²) in [6.07, 6.45) is 1.47. The second-order valence-electron chi connectivity index (χ2n) is 2.31. The van der Waals surface area contributed by atoms with Gasteiger partial charge >= 0.3 is 0 Å². The molecule has 2 nitrogen and oxygen atoms in total. The summed E-state index contributed by atoms with van der Waals surface area (Å²) in [6.45, 7) is 3.85. The van der Waals surface area contributed by atoms with Crippen molar-refractivity contribution in [2.45, 2.75) is 18.9 Å². The molecule has 0 aromatic rings. The van der Waals surface area contributed by atoms with Gasteiger partial charge in [0, 0.05) is 12.5 Å². The largest absolute Gasteiger partial charge is 0.306 e. The van der Waals surface area contributed by atoms with Crippen molar-refractivity contribution in [1.82, 2.24) is 4.90 Å². The molecule has 0 saturated heterocycles. The van der Waals surface area contributed by atoms with Gasteiger partial charge < -0.3 is 4.90 Å². The number of nitrogens with zero attached hydrogens (tertiary/aromatic N) is 2. The summed E-state index contributed by atoms with van der Waals surface area (Å²) in [4.78, 5) is 2.01. The Balaban J connectivity index is 3.29. The lowest BCUT2D eigenvalue weighted by Crippen LogP contribution is -2.24. The minimum atomic E-state index is 0.282. The molecule has 0 aliphatic heterocycles. The van der Waals surface area contributed by atoms with E-state index in [1.165, 1.54) is 0 Å². The van der Waals surface area contributed by atoms with Crippen molar-refractivity contribution >= 4 is 0 Å². The zero-order valence-electron chi connectivity index (χ0n) is 6.09. The van der Waals surface area contributed by atoms with E-state index in [-0.39, 0.29) is 6.04 Å². The van der Waals surface area contributed by atoms with Crippen molar-refractivity contribution in [2.75, 3.05) is 14.1 Å². The highest BCUT2D eigenvalue weighted by Gasteiger charge is 2.01. The van der Waals surface area contributed by atoms with Crippen molar-refractivity contribution in [2.24, 2.45) is 0 Å². The molecule has 0 spiro atoms. The minimum Gasteiger partial charge on any atom is -0.306 e. The normalized spacial score (nSPS) is 13.2. The number of hydrogen-bond donors (Lipinski definition) is 0. The first kappa shape index (κ1) is 8.45. The van der Waals surface area contributed by atoms with Crippen LogP contribution >= 0.6 is 0 Å². The lowest BCUT2D eigenvalue weighted by Gasteiger charge is -2.17. The Bertz CT molecular complexity index is 102. The van der Waals surface area contributed by atoms with Crippen LogP contribution in [-0.2, 0) is 0 Å². The van der Waals surface area contributed by atoms with E-state index < -0.39 is 0 Å². The van der Waals surface area contributed by atoms with E-state index in [0.29, 0.717) is 6.42 Å². The van der Waals surface area contributed by atoms with E-state index in [2.05, 4.69) is 13.0 Å². The summed E-state index contributed by atoms with van der Waals surface area (Å²) in [5.41, 5.74) is 0. The van der Waals surface area contributed by atoms with Crippen LogP contribution in [0, 0.1) is 18.3 Å². The highest BCUT2D eigenvalue weighted by molar-refractivity contribution is 4.76. The average Bonchev–Trinajstić information content (AvgIpc) is 1.82. The molecular formula is C7H13N2. The molecule has 0 amide bonds. The van der Waals surface area contributed by atoms with Gasteiger partial charge in [-0.25, -0.2) is 0 Å². The summed E-state index contributed by atoms with van der Waals surface area (Å²) < 4.78 is 0. The predicted molar refractivity (Wildman–Crippen MR) is 37.7 cm³/mol. The Labute approximate surface area is 57.1 Å². The van der Waals surface area contributed by atoms with Crippen LogP contribution in [0.15, 0.2) is 0 Å². The fourth-order valence-electron chi connectivity index (χ4n) is 0.489. The first-order chi connectivity index (χ1) is 4.18. The van der Waals surface area contributed by atoms with E-state index >= 15 is 0 Å². The van der Waals surface area contributed by atoms with E-state index in [1.54, 1.807) is 0 Å². The molecule has 0 aliphatic carbocycles. The van der Waals surface area contributed by atoms with E-state index in [1.807, 2.05) is 19.0 Å². The van der Waals surface area contributed by atoms with Gasteiger partial charge in [0.2, 0.25) is 0 Å². The molecule has 0 saturated carbocycles. The molecule has 0 heterocycles. The molecule has 9 heavy (non-hydrogen) atoms. The summed E-state index contributed by atoms with van der Waals surface area (Å²) in [6, 6.07) is 2.37. The molecule has 0 fully saturated rings. The maximum Gasteiger partial charge on any atom is 0.0622 e. The smallest absolute Gasteiger partial charge is 0.0622 e. The van der Waals surface area contributed by atoms with Gasteiger partial charge in [-0.15, -0.1) is 0 Å². The highest BCUT2D eigenvalue weighted by atomic mass is 15.1. The Morgan fingerprint density at radius 1 is 1.67 bits per heavy atom. The van der Waals surface area contributed by atoms with E-state index in [9.17, 15) is 0 Å². The molecule has 1 atom stereocenters. The van der Waals surface area contributed by atoms with Gasteiger partial charge in [-0.2, -0.15) is 5.26 Å². The van der Waals surface area contributed by atoms with Gasteiger partial charge in [0.1, 0.15) is 0 Å². The molecule has 1 radical (unpaired) electrons. The molecule has 51 valence electrons. The Kier molecular flexibility index (Phi) is 4.08. The fraction of sp³-hybridized carbons (Fsp3) is 0.714. The van der Waals surface area contributed by atoms with Crippen LogP contribution in [0.5, 0.6) is 0 Å². The molecule has 0 aromatic carbocycles. The summed E-state index contributed by atoms with van der Waals surface area (Å²) in [5.74, 6) is 0. The fourth-order valence-corrected chi connectivity index (χ4v) is 0.489. The van der Waals surface area contributed by atoms with Gasteiger partial charge in [-0.05, 0) is 27.4 Å². The molecule has 0 bridgehead atoms. The van der Waals surface area contributed by atoms with Crippen molar-refractivity contribution in [1.29, 1.82) is 5.26 Å². The second-order valence-corrected chi connectivity index (χ2v) is 2.31. The standard InChI is InChI=1S/C7H13N2/c1-7(9(2)3)5-4-6-8/h7H,1,4-5H2,2-3H3. The molecule has 0 aromatic heterocycles. The van der Waals surface area contributed by atoms with Crippen LogP contribution in [-0.4, -0.2) is 25.0 Å². The quantitative estimate of drug-likeness (QED) is 0.563. The number of nitriles is 1. The lowest BCUT2D eigenvalue weighted by atomic mass is 10.2. The Hall–Kier alpha value is -0.550. The predicted octanol–water partition coefficient (Wildman–Crippen LogP) is 1.05. The molecule has 1 unspecified atom stereocenters. The van der Waals surface area contributed by atoms with Gasteiger partial charge in [-0.1, -0.05) is 0 Å². The van der Waals surface area contributed by atoms with Crippen LogP contribution < -0.4 is 0 Å². The van der Waals surface area contributed by atoms with Crippen LogP contribution in [0.1, 0.15) is 12.8 Å². The van der Waals surface area contributed by atoms with Crippen molar-refractivity contribution in [3.8, 4) is 6.07 Å². The molecule has 0 N–H and O–H groups in total. The summed E-state index contributed by atoms with van der Waals surface area (Å²) >= 11 is 0. The highest BCUT2D eigenvalue weighted by Crippen LogP contribution is 1.99. The Morgan fingerprint density at radius 2 is 2.22 bits per heavy atom. The minimum absolute atomic E-state index is 0.282. The maximum atomic E-state index is 8.20. The maximum absolute atomic E-state index is 8.20. The zero-order chi connectivity index (χ0) is 7.28. The first-order valence-corrected chi connectivity index (χ1v) is 3.05. The van der Waals surface area contributed by atoms with Crippen molar-refractivity contribution in [3.63, 3.8) is 0 Å². The number of hydrogen-bond acceptors (Lipinski definition) is 2. The summed E-state index contributed by atoms with van der Waals surface area (Å²) in [7, 11) is 3.93. The van der Waals surface area contributed by atoms with Crippen molar-refractivity contribution in [3.05, 3.63) is 6.92 Å². The molecule has 0 rings (SSSR count). The van der Waals surface area contributed by atoms with Crippen LogP contribution in [0.25, 0.3) is 0 Å². The molecule has 2 heteroatoms. The van der Waals surface area contributed by atoms with E-state index in [4.69, 9.17) is 5.26 Å². The topological polar surface area (TPSA) is 27.0 Å². The zero-order valence-corrected chi connectivity index (χ0v) is 6.09. The third kappa shape index (κ3) is 3.99. The molecule has 0 aliphatic rings. The first-order valence-electron chi connectivity index (χ1n) is 3.05. The monoisotopic (exact) mass is 125 g/mol. The van der Waals surface area contributed by atoms with Crippen LogP contribution in [0.4, 0.5) is 0 Å². The van der Waals surface area contributed by atoms with Crippen LogP contribution in [0.2, 0.25) is 0 Å². The average molecular weight is 125 g/mol. The Morgan fingerprint density at radius 3 is 2.56 bits per heavy atom.